The number of piperidine rings is 1. The number of nitrogens with zero attached hydrogens (tertiary/aromatic N) is 3. The van der Waals surface area contributed by atoms with Crippen LogP contribution in [0.4, 0.5) is 0 Å². The van der Waals surface area contributed by atoms with Gasteiger partial charge in [0.25, 0.3) is 0 Å². The Morgan fingerprint density at radius 1 is 0.704 bits per heavy atom. The van der Waals surface area contributed by atoms with Gasteiger partial charge in [-0.2, -0.15) is 0 Å². The molecule has 4 nitrogen and oxygen atoms in total. The first-order valence-corrected chi connectivity index (χ1v) is 11.5. The lowest BCUT2D eigenvalue weighted by atomic mass is 9.81. The maximum Gasteiger partial charge on any atom is 0.0602 e. The average molecular weight is 380 g/mol. The van der Waals surface area contributed by atoms with Gasteiger partial charge in [0.1, 0.15) is 0 Å². The minimum Gasteiger partial charge on any atom is -0.373 e. The summed E-state index contributed by atoms with van der Waals surface area (Å²) in [5.41, 5.74) is 0.360. The summed E-state index contributed by atoms with van der Waals surface area (Å²) in [6, 6.07) is 0. The monoisotopic (exact) mass is 379 g/mol. The summed E-state index contributed by atoms with van der Waals surface area (Å²) in [4.78, 5) is 8.10. The van der Waals surface area contributed by atoms with Crippen LogP contribution in [-0.2, 0) is 4.74 Å². The molecule has 27 heavy (non-hydrogen) atoms. The molecule has 158 valence electrons. The Balaban J connectivity index is 1.28. The molecule has 0 spiro atoms. The van der Waals surface area contributed by atoms with Crippen LogP contribution in [0.5, 0.6) is 0 Å². The zero-order chi connectivity index (χ0) is 19.7. The molecule has 0 unspecified atom stereocenters. The number of hydrogen-bond acceptors (Lipinski definition) is 4. The Morgan fingerprint density at radius 2 is 1.19 bits per heavy atom. The van der Waals surface area contributed by atoms with Crippen molar-refractivity contribution in [2.24, 2.45) is 11.8 Å². The summed E-state index contributed by atoms with van der Waals surface area (Å²) >= 11 is 0. The second kappa shape index (κ2) is 8.69. The van der Waals surface area contributed by atoms with Crippen LogP contribution >= 0.6 is 0 Å². The molecule has 3 rings (SSSR count). The molecule has 0 atom stereocenters. The zero-order valence-electron chi connectivity index (χ0n) is 19.0. The van der Waals surface area contributed by atoms with Gasteiger partial charge in [-0.3, -0.25) is 4.90 Å². The molecule has 3 aliphatic rings. The van der Waals surface area contributed by atoms with Crippen molar-refractivity contribution >= 4 is 0 Å². The van der Waals surface area contributed by atoms with E-state index >= 15 is 0 Å². The molecule has 0 amide bonds. The first-order chi connectivity index (χ1) is 12.6. The SMILES string of the molecule is CC(C)(C)OC1CC(CN2CCN(CC3CCN(C(C)(C)C)CC3)CC2)C1. The second-order valence-electron chi connectivity index (χ2n) is 11.4. The van der Waals surface area contributed by atoms with Gasteiger partial charge >= 0.3 is 0 Å². The van der Waals surface area contributed by atoms with E-state index in [1.807, 2.05) is 0 Å². The van der Waals surface area contributed by atoms with Crippen molar-refractivity contribution in [3.05, 3.63) is 0 Å². The summed E-state index contributed by atoms with van der Waals surface area (Å²) in [6.45, 7) is 23.8. The first-order valence-electron chi connectivity index (χ1n) is 11.5. The molecule has 0 aromatic carbocycles. The molecule has 0 bridgehead atoms. The first kappa shape index (κ1) is 21.5. The van der Waals surface area contributed by atoms with Crippen LogP contribution < -0.4 is 0 Å². The molecule has 2 heterocycles. The smallest absolute Gasteiger partial charge is 0.0602 e. The molecular weight excluding hydrogens is 334 g/mol. The molecule has 2 saturated heterocycles. The zero-order valence-corrected chi connectivity index (χ0v) is 19.0. The highest BCUT2D eigenvalue weighted by Crippen LogP contribution is 2.33. The van der Waals surface area contributed by atoms with Gasteiger partial charge in [0.15, 0.2) is 0 Å². The second-order valence-corrected chi connectivity index (χ2v) is 11.4. The Hall–Kier alpha value is -0.160. The minimum absolute atomic E-state index is 0.0181. The third-order valence-electron chi connectivity index (χ3n) is 6.77. The number of hydrogen-bond donors (Lipinski definition) is 0. The van der Waals surface area contributed by atoms with Gasteiger partial charge in [0, 0.05) is 44.8 Å². The van der Waals surface area contributed by atoms with Crippen molar-refractivity contribution in [2.45, 2.75) is 84.5 Å². The number of piperazine rings is 1. The van der Waals surface area contributed by atoms with Crippen LogP contribution in [0.1, 0.15) is 67.2 Å². The van der Waals surface area contributed by atoms with Crippen molar-refractivity contribution in [3.63, 3.8) is 0 Å². The topological polar surface area (TPSA) is 19.0 Å². The maximum absolute atomic E-state index is 6.09. The Kier molecular flexibility index (Phi) is 6.93. The van der Waals surface area contributed by atoms with Gasteiger partial charge in [0.2, 0.25) is 0 Å². The highest BCUT2D eigenvalue weighted by Gasteiger charge is 2.34. The van der Waals surface area contributed by atoms with Crippen molar-refractivity contribution in [1.82, 2.24) is 14.7 Å². The van der Waals surface area contributed by atoms with Gasteiger partial charge in [-0.25, -0.2) is 0 Å². The maximum atomic E-state index is 6.09. The van der Waals surface area contributed by atoms with Crippen LogP contribution in [-0.4, -0.2) is 84.3 Å². The molecule has 1 saturated carbocycles. The highest BCUT2D eigenvalue weighted by molar-refractivity contribution is 4.87. The molecular formula is C23H45N3O. The Labute approximate surface area is 168 Å². The van der Waals surface area contributed by atoms with Crippen LogP contribution in [0.15, 0.2) is 0 Å². The van der Waals surface area contributed by atoms with Crippen LogP contribution in [0.3, 0.4) is 0 Å². The molecule has 4 heteroatoms. The lowest BCUT2D eigenvalue weighted by molar-refractivity contribution is -0.116. The largest absolute Gasteiger partial charge is 0.373 e. The van der Waals surface area contributed by atoms with E-state index in [2.05, 4.69) is 56.2 Å². The van der Waals surface area contributed by atoms with E-state index in [-0.39, 0.29) is 5.60 Å². The van der Waals surface area contributed by atoms with Crippen molar-refractivity contribution < 1.29 is 4.74 Å². The number of ether oxygens (including phenoxy) is 1. The fourth-order valence-corrected chi connectivity index (χ4v) is 5.09. The fourth-order valence-electron chi connectivity index (χ4n) is 5.09. The number of rotatable bonds is 5. The van der Waals surface area contributed by atoms with Crippen LogP contribution in [0.25, 0.3) is 0 Å². The van der Waals surface area contributed by atoms with Crippen molar-refractivity contribution in [2.75, 3.05) is 52.4 Å². The van der Waals surface area contributed by atoms with Gasteiger partial charge in [-0.1, -0.05) is 0 Å². The Morgan fingerprint density at radius 3 is 1.63 bits per heavy atom. The summed E-state index contributed by atoms with van der Waals surface area (Å²) in [5, 5.41) is 0. The van der Waals surface area contributed by atoms with E-state index in [0.717, 1.165) is 11.8 Å². The summed E-state index contributed by atoms with van der Waals surface area (Å²) in [6.07, 6.45) is 5.81. The van der Waals surface area contributed by atoms with Gasteiger partial charge in [0.05, 0.1) is 11.7 Å². The van der Waals surface area contributed by atoms with Crippen LogP contribution in [0.2, 0.25) is 0 Å². The standard InChI is InChI=1S/C23H45N3O/c1-22(2,3)26-9-7-19(8-10-26)17-24-11-13-25(14-12-24)18-20-15-21(16-20)27-23(4,5)6/h19-21H,7-18H2,1-6H3. The van der Waals surface area contributed by atoms with Crippen molar-refractivity contribution in [3.8, 4) is 0 Å². The Bertz CT molecular complexity index is 445. The average Bonchev–Trinajstić information content (AvgIpc) is 2.53. The van der Waals surface area contributed by atoms with Crippen molar-refractivity contribution in [1.29, 1.82) is 0 Å². The van der Waals surface area contributed by atoms with E-state index in [4.69, 9.17) is 4.74 Å². The van der Waals surface area contributed by atoms with E-state index in [9.17, 15) is 0 Å². The van der Waals surface area contributed by atoms with Gasteiger partial charge < -0.3 is 14.5 Å². The molecule has 0 N–H and O–H groups in total. The molecule has 0 aromatic rings. The summed E-state index contributed by atoms with van der Waals surface area (Å²) in [5.74, 6) is 1.78. The molecule has 2 aliphatic heterocycles. The van der Waals surface area contributed by atoms with Gasteiger partial charge in [-0.05, 0) is 92.2 Å². The van der Waals surface area contributed by atoms with E-state index in [0.29, 0.717) is 11.6 Å². The summed E-state index contributed by atoms with van der Waals surface area (Å²) < 4.78 is 6.09. The molecule has 0 aromatic heterocycles. The van der Waals surface area contributed by atoms with Gasteiger partial charge in [-0.15, -0.1) is 0 Å². The fraction of sp³-hybridized carbons (Fsp3) is 1.00. The summed E-state index contributed by atoms with van der Waals surface area (Å²) in [7, 11) is 0. The third-order valence-corrected chi connectivity index (χ3v) is 6.77. The lowest BCUT2D eigenvalue weighted by Crippen LogP contribution is -2.52. The molecule has 1 aliphatic carbocycles. The quantitative estimate of drug-likeness (QED) is 0.725. The molecule has 3 fully saturated rings. The minimum atomic E-state index is 0.0181. The number of likely N-dealkylation sites (tertiary alicyclic amines) is 1. The third kappa shape index (κ3) is 6.69. The lowest BCUT2D eigenvalue weighted by Gasteiger charge is -2.44. The predicted octanol–water partition coefficient (Wildman–Crippen LogP) is 3.71. The molecule has 0 radical (unpaired) electrons. The predicted molar refractivity (Wildman–Crippen MR) is 114 cm³/mol. The van der Waals surface area contributed by atoms with E-state index in [1.165, 1.54) is 78.0 Å². The normalized spacial score (nSPS) is 30.4. The highest BCUT2D eigenvalue weighted by atomic mass is 16.5. The van der Waals surface area contributed by atoms with Crippen LogP contribution in [0, 0.1) is 11.8 Å². The van der Waals surface area contributed by atoms with E-state index < -0.39 is 0 Å². The van der Waals surface area contributed by atoms with E-state index in [1.54, 1.807) is 0 Å².